The van der Waals surface area contributed by atoms with E-state index in [0.717, 1.165) is 94.1 Å². The van der Waals surface area contributed by atoms with Crippen molar-refractivity contribution in [3.05, 3.63) is 124 Å². The van der Waals surface area contributed by atoms with E-state index in [4.69, 9.17) is 4.74 Å². The molecule has 1 unspecified atom stereocenters. The lowest BCUT2D eigenvalue weighted by molar-refractivity contribution is -0.136. The molecule has 1 aliphatic carbocycles. The Morgan fingerprint density at radius 3 is 2.23 bits per heavy atom. The molecule has 4 aromatic rings. The van der Waals surface area contributed by atoms with Gasteiger partial charge in [0.25, 0.3) is 5.91 Å². The molecular weight excluding hydrogens is 758 g/mol. The maximum atomic E-state index is 14.0. The molecule has 0 radical (unpaired) electrons. The summed E-state index contributed by atoms with van der Waals surface area (Å²) >= 11 is 0. The number of hydrogen-bond donors (Lipinski definition) is 2. The van der Waals surface area contributed by atoms with Crippen LogP contribution in [0.4, 0.5) is 15.8 Å². The summed E-state index contributed by atoms with van der Waals surface area (Å²) in [5.41, 5.74) is 8.08. The van der Waals surface area contributed by atoms with Crippen LogP contribution in [0.2, 0.25) is 0 Å². The van der Waals surface area contributed by atoms with Crippen molar-refractivity contribution in [2.75, 3.05) is 62.2 Å². The Hall–Kier alpha value is -5.26. The van der Waals surface area contributed by atoms with Crippen LogP contribution in [0.1, 0.15) is 102 Å². The number of rotatable bonds is 11. The smallest absolute Gasteiger partial charge is 0.255 e. The number of aryl methyl sites for hydroxylation is 1. The first-order valence-electron chi connectivity index (χ1n) is 22.0. The summed E-state index contributed by atoms with van der Waals surface area (Å²) in [6.45, 7) is 8.78. The summed E-state index contributed by atoms with van der Waals surface area (Å²) in [6, 6.07) is 28.0. The van der Waals surface area contributed by atoms with Gasteiger partial charge in [-0.2, -0.15) is 0 Å². The van der Waals surface area contributed by atoms with E-state index in [1.54, 1.807) is 17.0 Å². The van der Waals surface area contributed by atoms with Crippen molar-refractivity contribution in [2.24, 2.45) is 0 Å². The van der Waals surface area contributed by atoms with Crippen LogP contribution in [-0.2, 0) is 22.6 Å². The third kappa shape index (κ3) is 8.26. The van der Waals surface area contributed by atoms with E-state index in [9.17, 15) is 23.9 Å². The zero-order valence-electron chi connectivity index (χ0n) is 34.6. The van der Waals surface area contributed by atoms with Gasteiger partial charge in [-0.3, -0.25) is 24.6 Å². The van der Waals surface area contributed by atoms with Gasteiger partial charge in [-0.05, 0) is 127 Å². The second-order valence-corrected chi connectivity index (χ2v) is 17.5. The standard InChI is InChI=1S/C49H56FN5O5/c1-2-3-28-60-40-14-17-42-35(30-40)8-15-41(33-4-9-37(50)10-5-33)46(42)34-6-11-38(12-7-34)53-22-20-49(59,21-23-53)32-52-24-26-54(27-25-52)39-13-16-43-36(29-39)31-55(48(43)58)44-18-19-45(56)51-47(44)57/h4-7,9-14,16-17,29-30,41,44,46,59H,2-3,8,15,18-28,31-32H2,1H3,(H,51,56,57)/t41-,44?,46+/m1/s1. The van der Waals surface area contributed by atoms with E-state index in [1.165, 1.54) is 22.4 Å². The Morgan fingerprint density at radius 2 is 1.50 bits per heavy atom. The van der Waals surface area contributed by atoms with Gasteiger partial charge in [-0.25, -0.2) is 4.39 Å². The lowest BCUT2D eigenvalue weighted by atomic mass is 9.69. The van der Waals surface area contributed by atoms with Gasteiger partial charge in [0.1, 0.15) is 17.6 Å². The quantitative estimate of drug-likeness (QED) is 0.126. The highest BCUT2D eigenvalue weighted by molar-refractivity contribution is 6.05. The number of amides is 3. The third-order valence-electron chi connectivity index (χ3n) is 13.7. The zero-order valence-corrected chi connectivity index (χ0v) is 34.6. The number of carbonyl (C=O) groups excluding carboxylic acids is 3. The SMILES string of the molecule is CCCCOc1ccc2c(c1)CC[C@H](c1ccc(F)cc1)[C@@H]2c1ccc(N2CCC(O)(CN3CCN(c4ccc5c(c4)CN(C4CCC(=O)NC4=O)C5=O)CC3)CC2)cc1. The number of β-amino-alcohol motifs (C(OH)–C–C–N with tert-alkyl or cyclic N) is 1. The molecule has 4 aromatic carbocycles. The summed E-state index contributed by atoms with van der Waals surface area (Å²) in [5.74, 6) is 0.263. The Bertz CT molecular complexity index is 2210. The van der Waals surface area contributed by atoms with E-state index in [-0.39, 0.29) is 35.9 Å². The molecule has 60 heavy (non-hydrogen) atoms. The van der Waals surface area contributed by atoms with Crippen LogP contribution in [0, 0.1) is 5.82 Å². The number of nitrogens with one attached hydrogen (secondary N) is 1. The van der Waals surface area contributed by atoms with Crippen LogP contribution in [-0.4, -0.2) is 96.7 Å². The average molecular weight is 814 g/mol. The topological polar surface area (TPSA) is 106 Å². The van der Waals surface area contributed by atoms with Crippen LogP contribution in [0.25, 0.3) is 0 Å². The lowest BCUT2D eigenvalue weighted by Gasteiger charge is -2.44. The summed E-state index contributed by atoms with van der Waals surface area (Å²) in [6.07, 6.45) is 6.05. The highest BCUT2D eigenvalue weighted by atomic mass is 19.1. The normalized spacial score (nSPS) is 23.0. The molecule has 4 heterocycles. The number of imide groups is 1. The average Bonchev–Trinajstić information content (AvgIpc) is 3.59. The zero-order chi connectivity index (χ0) is 41.4. The van der Waals surface area contributed by atoms with Gasteiger partial charge in [0, 0.05) is 81.6 Å². The Kier molecular flexibility index (Phi) is 11.4. The van der Waals surface area contributed by atoms with Gasteiger partial charge in [0.05, 0.1) is 12.2 Å². The van der Waals surface area contributed by atoms with Gasteiger partial charge in [0.2, 0.25) is 11.8 Å². The van der Waals surface area contributed by atoms with Gasteiger partial charge in [-0.1, -0.05) is 43.7 Å². The summed E-state index contributed by atoms with van der Waals surface area (Å²) in [7, 11) is 0. The van der Waals surface area contributed by atoms with Crippen LogP contribution >= 0.6 is 0 Å². The predicted molar refractivity (Wildman–Crippen MR) is 230 cm³/mol. The van der Waals surface area contributed by atoms with Crippen molar-refractivity contribution in [2.45, 2.75) is 88.3 Å². The number of ether oxygens (including phenoxy) is 1. The highest BCUT2D eigenvalue weighted by Gasteiger charge is 2.40. The second-order valence-electron chi connectivity index (χ2n) is 17.5. The molecule has 0 bridgehead atoms. The minimum absolute atomic E-state index is 0.145. The minimum atomic E-state index is -0.751. The third-order valence-corrected chi connectivity index (χ3v) is 13.7. The van der Waals surface area contributed by atoms with E-state index >= 15 is 0 Å². The molecule has 314 valence electrons. The number of nitrogens with zero attached hydrogens (tertiary/aromatic N) is 4. The number of benzene rings is 4. The first kappa shape index (κ1) is 40.2. The molecule has 5 aliphatic rings. The summed E-state index contributed by atoms with van der Waals surface area (Å²) < 4.78 is 20.1. The molecule has 3 fully saturated rings. The van der Waals surface area contributed by atoms with Crippen LogP contribution in [0.3, 0.4) is 0 Å². The van der Waals surface area contributed by atoms with Crippen molar-refractivity contribution in [1.82, 2.24) is 15.1 Å². The van der Waals surface area contributed by atoms with Crippen molar-refractivity contribution < 1.29 is 28.6 Å². The van der Waals surface area contributed by atoms with E-state index in [0.29, 0.717) is 37.9 Å². The fraction of sp³-hybridized carbons (Fsp3) is 0.449. The molecule has 0 aromatic heterocycles. The second kappa shape index (κ2) is 17.0. The van der Waals surface area contributed by atoms with Crippen molar-refractivity contribution in [1.29, 1.82) is 0 Å². The Balaban J connectivity index is 0.803. The number of unbranched alkanes of at least 4 members (excludes halogenated alkanes) is 1. The molecule has 3 atom stereocenters. The number of anilines is 2. The number of halogens is 1. The van der Waals surface area contributed by atoms with Gasteiger partial charge < -0.3 is 24.5 Å². The van der Waals surface area contributed by atoms with E-state index in [2.05, 4.69) is 75.5 Å². The molecule has 0 saturated carbocycles. The number of aliphatic hydroxyl groups is 1. The van der Waals surface area contributed by atoms with Crippen LogP contribution in [0.15, 0.2) is 84.9 Å². The first-order valence-corrected chi connectivity index (χ1v) is 22.0. The van der Waals surface area contributed by atoms with Crippen LogP contribution < -0.4 is 19.9 Å². The summed E-state index contributed by atoms with van der Waals surface area (Å²) in [5, 5.41) is 14.2. The number of piperidine rings is 2. The fourth-order valence-electron chi connectivity index (χ4n) is 10.3. The Morgan fingerprint density at radius 1 is 0.783 bits per heavy atom. The highest BCUT2D eigenvalue weighted by Crippen LogP contribution is 2.47. The maximum absolute atomic E-state index is 14.0. The fourth-order valence-corrected chi connectivity index (χ4v) is 10.3. The largest absolute Gasteiger partial charge is 0.494 e. The van der Waals surface area contributed by atoms with Gasteiger partial charge >= 0.3 is 0 Å². The van der Waals surface area contributed by atoms with Crippen LogP contribution in [0.5, 0.6) is 5.75 Å². The van der Waals surface area contributed by atoms with Gasteiger partial charge in [-0.15, -0.1) is 0 Å². The molecule has 2 N–H and O–H groups in total. The van der Waals surface area contributed by atoms with E-state index in [1.807, 2.05) is 24.3 Å². The monoisotopic (exact) mass is 813 g/mol. The van der Waals surface area contributed by atoms with Crippen molar-refractivity contribution in [3.8, 4) is 5.75 Å². The molecular formula is C49H56FN5O5. The molecule has 11 heteroatoms. The number of carbonyl (C=O) groups is 3. The summed E-state index contributed by atoms with van der Waals surface area (Å²) in [4.78, 5) is 46.0. The molecule has 10 nitrogen and oxygen atoms in total. The molecule has 3 saturated heterocycles. The van der Waals surface area contributed by atoms with Gasteiger partial charge in [0.15, 0.2) is 0 Å². The number of hydrogen-bond acceptors (Lipinski definition) is 8. The number of piperazine rings is 1. The lowest BCUT2D eigenvalue weighted by Crippen LogP contribution is -2.55. The predicted octanol–water partition coefficient (Wildman–Crippen LogP) is 6.78. The maximum Gasteiger partial charge on any atom is 0.255 e. The minimum Gasteiger partial charge on any atom is -0.494 e. The van der Waals surface area contributed by atoms with Crippen molar-refractivity contribution in [3.63, 3.8) is 0 Å². The number of fused-ring (bicyclic) bond motifs is 2. The van der Waals surface area contributed by atoms with E-state index < -0.39 is 17.6 Å². The van der Waals surface area contributed by atoms with Crippen molar-refractivity contribution >= 4 is 29.1 Å². The Labute approximate surface area is 352 Å². The first-order chi connectivity index (χ1) is 29.1. The molecule has 9 rings (SSSR count). The molecule has 0 spiro atoms. The molecule has 3 amide bonds. The molecule has 4 aliphatic heterocycles.